The molecule has 0 radical (unpaired) electrons. The lowest BCUT2D eigenvalue weighted by Crippen LogP contribution is -2.34. The van der Waals surface area contributed by atoms with Crippen molar-refractivity contribution in [1.29, 1.82) is 0 Å². The molecule has 2 fully saturated rings. The SMILES string of the molecule is COc1ccc(N2C(=O)C[C@H](Nc3ccc(N4CCCCC4)cc3)C2=O)cc1. The van der Waals surface area contributed by atoms with Crippen molar-refractivity contribution >= 4 is 28.9 Å². The van der Waals surface area contributed by atoms with Gasteiger partial charge in [0.05, 0.1) is 19.2 Å². The van der Waals surface area contributed by atoms with Crippen LogP contribution in [0.3, 0.4) is 0 Å². The van der Waals surface area contributed by atoms with Crippen LogP contribution in [0.1, 0.15) is 25.7 Å². The molecule has 2 heterocycles. The predicted molar refractivity (Wildman–Crippen MR) is 110 cm³/mol. The van der Waals surface area contributed by atoms with Gasteiger partial charge in [0.25, 0.3) is 5.91 Å². The van der Waals surface area contributed by atoms with Crippen molar-refractivity contribution in [2.45, 2.75) is 31.7 Å². The lowest BCUT2D eigenvalue weighted by molar-refractivity contribution is -0.121. The lowest BCUT2D eigenvalue weighted by Gasteiger charge is -2.29. The summed E-state index contributed by atoms with van der Waals surface area (Å²) in [6.45, 7) is 2.19. The van der Waals surface area contributed by atoms with Gasteiger partial charge in [-0.05, 0) is 67.8 Å². The molecule has 0 aromatic heterocycles. The number of carbonyl (C=O) groups excluding carboxylic acids is 2. The van der Waals surface area contributed by atoms with Crippen LogP contribution in [0.15, 0.2) is 48.5 Å². The highest BCUT2D eigenvalue weighted by molar-refractivity contribution is 6.23. The monoisotopic (exact) mass is 379 g/mol. The van der Waals surface area contributed by atoms with Crippen LogP contribution in [-0.4, -0.2) is 38.1 Å². The van der Waals surface area contributed by atoms with Crippen LogP contribution in [0.25, 0.3) is 0 Å². The molecule has 0 bridgehead atoms. The van der Waals surface area contributed by atoms with Crippen LogP contribution in [0.5, 0.6) is 5.75 Å². The van der Waals surface area contributed by atoms with Gasteiger partial charge in [0, 0.05) is 24.5 Å². The number of amides is 2. The van der Waals surface area contributed by atoms with Crippen molar-refractivity contribution in [3.05, 3.63) is 48.5 Å². The molecule has 2 saturated heterocycles. The summed E-state index contributed by atoms with van der Waals surface area (Å²) in [5.41, 5.74) is 2.63. The third-order valence-electron chi connectivity index (χ3n) is 5.41. The van der Waals surface area contributed by atoms with Crippen LogP contribution in [0, 0.1) is 0 Å². The molecule has 2 aliphatic rings. The Morgan fingerprint density at radius 1 is 0.893 bits per heavy atom. The van der Waals surface area contributed by atoms with E-state index in [0.29, 0.717) is 11.4 Å². The first kappa shape index (κ1) is 18.3. The van der Waals surface area contributed by atoms with E-state index >= 15 is 0 Å². The van der Waals surface area contributed by atoms with Crippen LogP contribution >= 0.6 is 0 Å². The minimum atomic E-state index is -0.546. The smallest absolute Gasteiger partial charge is 0.256 e. The molecular weight excluding hydrogens is 354 g/mol. The third-order valence-corrected chi connectivity index (χ3v) is 5.41. The Bertz CT molecular complexity index is 842. The number of carbonyl (C=O) groups is 2. The molecule has 2 aliphatic heterocycles. The summed E-state index contributed by atoms with van der Waals surface area (Å²) in [5.74, 6) is 0.263. The predicted octanol–water partition coefficient (Wildman–Crippen LogP) is 3.43. The number of benzene rings is 2. The van der Waals surface area contributed by atoms with Gasteiger partial charge in [-0.1, -0.05) is 0 Å². The fourth-order valence-corrected chi connectivity index (χ4v) is 3.87. The first-order chi connectivity index (χ1) is 13.7. The Morgan fingerprint density at radius 3 is 2.18 bits per heavy atom. The summed E-state index contributed by atoms with van der Waals surface area (Å²) in [5, 5.41) is 3.22. The molecule has 1 N–H and O–H groups in total. The Kier molecular flexibility index (Phi) is 5.19. The van der Waals surface area contributed by atoms with E-state index in [-0.39, 0.29) is 18.2 Å². The molecule has 6 nitrogen and oxygen atoms in total. The number of imide groups is 1. The van der Waals surface area contributed by atoms with Gasteiger partial charge in [-0.3, -0.25) is 9.59 Å². The second-order valence-electron chi connectivity index (χ2n) is 7.26. The lowest BCUT2D eigenvalue weighted by atomic mass is 10.1. The van der Waals surface area contributed by atoms with Crippen molar-refractivity contribution in [1.82, 2.24) is 0 Å². The summed E-state index contributed by atoms with van der Waals surface area (Å²) in [4.78, 5) is 28.9. The summed E-state index contributed by atoms with van der Waals surface area (Å²) < 4.78 is 5.13. The summed E-state index contributed by atoms with van der Waals surface area (Å²) in [6.07, 6.45) is 3.93. The zero-order valence-corrected chi connectivity index (χ0v) is 16.1. The van der Waals surface area contributed by atoms with Gasteiger partial charge in [0.2, 0.25) is 5.91 Å². The van der Waals surface area contributed by atoms with E-state index in [2.05, 4.69) is 22.3 Å². The van der Waals surface area contributed by atoms with E-state index in [1.54, 1.807) is 31.4 Å². The van der Waals surface area contributed by atoms with E-state index in [1.807, 2.05) is 12.1 Å². The van der Waals surface area contributed by atoms with Gasteiger partial charge in [0.15, 0.2) is 0 Å². The topological polar surface area (TPSA) is 61.9 Å². The highest BCUT2D eigenvalue weighted by Crippen LogP contribution is 2.28. The molecule has 6 heteroatoms. The zero-order chi connectivity index (χ0) is 19.5. The van der Waals surface area contributed by atoms with E-state index in [4.69, 9.17) is 4.74 Å². The number of hydrogen-bond acceptors (Lipinski definition) is 5. The third kappa shape index (κ3) is 3.67. The number of hydrogen-bond donors (Lipinski definition) is 1. The van der Waals surface area contributed by atoms with Crippen molar-refractivity contribution in [2.75, 3.05) is 35.3 Å². The molecule has 0 saturated carbocycles. The zero-order valence-electron chi connectivity index (χ0n) is 16.1. The second-order valence-corrected chi connectivity index (χ2v) is 7.26. The van der Waals surface area contributed by atoms with Crippen LogP contribution < -0.4 is 19.9 Å². The normalized spacial score (nSPS) is 19.8. The molecule has 2 aromatic carbocycles. The summed E-state index contributed by atoms with van der Waals surface area (Å²) >= 11 is 0. The number of anilines is 3. The van der Waals surface area contributed by atoms with E-state index in [0.717, 1.165) is 18.8 Å². The Hall–Kier alpha value is -3.02. The van der Waals surface area contributed by atoms with Crippen molar-refractivity contribution in [2.24, 2.45) is 0 Å². The first-order valence-electron chi connectivity index (χ1n) is 9.78. The van der Waals surface area contributed by atoms with Crippen LogP contribution in [0.4, 0.5) is 17.1 Å². The fraction of sp³-hybridized carbons (Fsp3) is 0.364. The van der Waals surface area contributed by atoms with Gasteiger partial charge in [-0.2, -0.15) is 0 Å². The summed E-state index contributed by atoms with van der Waals surface area (Å²) in [6, 6.07) is 14.5. The number of nitrogens with one attached hydrogen (secondary N) is 1. The standard InChI is InChI=1S/C22H25N3O3/c1-28-19-11-9-18(10-12-19)25-21(26)15-20(22(25)27)23-16-5-7-17(8-6-16)24-13-3-2-4-14-24/h5-12,20,23H,2-4,13-15H2,1H3/t20-/m0/s1. The van der Waals surface area contributed by atoms with Crippen LogP contribution in [0.2, 0.25) is 0 Å². The van der Waals surface area contributed by atoms with E-state index in [9.17, 15) is 9.59 Å². The number of nitrogens with zero attached hydrogens (tertiary/aromatic N) is 2. The average Bonchev–Trinajstić information content (AvgIpc) is 3.02. The molecule has 4 rings (SSSR count). The van der Waals surface area contributed by atoms with Crippen molar-refractivity contribution in [3.63, 3.8) is 0 Å². The Morgan fingerprint density at radius 2 is 1.54 bits per heavy atom. The second kappa shape index (κ2) is 7.92. The van der Waals surface area contributed by atoms with Gasteiger partial charge >= 0.3 is 0 Å². The molecule has 1 atom stereocenters. The minimum absolute atomic E-state index is 0.152. The molecular formula is C22H25N3O3. The maximum Gasteiger partial charge on any atom is 0.256 e. The van der Waals surface area contributed by atoms with Gasteiger partial charge in [0.1, 0.15) is 11.8 Å². The maximum atomic E-state index is 12.8. The molecule has 2 aromatic rings. The number of piperidine rings is 1. The molecule has 0 aliphatic carbocycles. The maximum absolute atomic E-state index is 12.8. The highest BCUT2D eigenvalue weighted by atomic mass is 16.5. The van der Waals surface area contributed by atoms with E-state index in [1.165, 1.54) is 29.8 Å². The Balaban J connectivity index is 1.43. The molecule has 0 spiro atoms. The minimum Gasteiger partial charge on any atom is -0.497 e. The molecule has 2 amide bonds. The van der Waals surface area contributed by atoms with E-state index < -0.39 is 6.04 Å². The highest BCUT2D eigenvalue weighted by Gasteiger charge is 2.39. The number of rotatable bonds is 5. The van der Waals surface area contributed by atoms with Gasteiger partial charge < -0.3 is 15.0 Å². The first-order valence-corrected chi connectivity index (χ1v) is 9.78. The average molecular weight is 379 g/mol. The summed E-state index contributed by atoms with van der Waals surface area (Å²) in [7, 11) is 1.58. The Labute approximate surface area is 165 Å². The molecule has 28 heavy (non-hydrogen) atoms. The van der Waals surface area contributed by atoms with Crippen LogP contribution in [-0.2, 0) is 9.59 Å². The fourth-order valence-electron chi connectivity index (χ4n) is 3.87. The van der Waals surface area contributed by atoms with Gasteiger partial charge in [-0.25, -0.2) is 4.90 Å². The van der Waals surface area contributed by atoms with Crippen molar-refractivity contribution < 1.29 is 14.3 Å². The molecule has 146 valence electrons. The van der Waals surface area contributed by atoms with Crippen molar-refractivity contribution in [3.8, 4) is 5.75 Å². The number of ether oxygens (including phenoxy) is 1. The largest absolute Gasteiger partial charge is 0.497 e. The molecule has 0 unspecified atom stereocenters. The van der Waals surface area contributed by atoms with Gasteiger partial charge in [-0.15, -0.1) is 0 Å². The number of methoxy groups -OCH3 is 1. The quantitative estimate of drug-likeness (QED) is 0.807.